The van der Waals surface area contributed by atoms with E-state index in [9.17, 15) is 19.7 Å². The lowest BCUT2D eigenvalue weighted by atomic mass is 9.49. The van der Waals surface area contributed by atoms with Gasteiger partial charge in [0.1, 0.15) is 0 Å². The normalized spacial score (nSPS) is 31.6. The molecule has 166 valence electrons. The summed E-state index contributed by atoms with van der Waals surface area (Å²) in [6.07, 6.45) is 7.14. The molecule has 8 nitrogen and oxygen atoms in total. The summed E-state index contributed by atoms with van der Waals surface area (Å²) in [5.41, 5.74) is 0.540. The van der Waals surface area contributed by atoms with Crippen LogP contribution in [0.1, 0.15) is 48.9 Å². The number of hydrogen-bond acceptors (Lipinski definition) is 6. The number of methoxy groups -OCH3 is 1. The number of ether oxygens (including phenoxy) is 1. The van der Waals surface area contributed by atoms with Gasteiger partial charge in [0.05, 0.1) is 28.7 Å². The molecule has 0 unspecified atom stereocenters. The highest BCUT2D eigenvalue weighted by Crippen LogP contribution is 2.60. The molecule has 0 atom stereocenters. The Morgan fingerprint density at radius 2 is 1.61 bits per heavy atom. The van der Waals surface area contributed by atoms with E-state index in [4.69, 9.17) is 4.74 Å². The van der Waals surface area contributed by atoms with Gasteiger partial charge in [-0.3, -0.25) is 14.9 Å². The minimum atomic E-state index is -0.592. The average molecular weight is 428 g/mol. The van der Waals surface area contributed by atoms with Gasteiger partial charge in [-0.05, 0) is 62.3 Å². The van der Waals surface area contributed by atoms with E-state index in [0.29, 0.717) is 37.8 Å². The van der Waals surface area contributed by atoms with E-state index in [1.54, 1.807) is 6.07 Å². The van der Waals surface area contributed by atoms with Crippen LogP contribution in [0.2, 0.25) is 0 Å². The van der Waals surface area contributed by atoms with E-state index in [1.165, 1.54) is 38.5 Å². The summed E-state index contributed by atoms with van der Waals surface area (Å²) in [4.78, 5) is 40.5. The topological polar surface area (TPSA) is 93.0 Å². The maximum Gasteiger partial charge on any atom is 0.340 e. The molecular weight excluding hydrogens is 398 g/mol. The Bertz CT molecular complexity index is 887. The number of benzene rings is 1. The average Bonchev–Trinajstić information content (AvgIpc) is 2.77. The van der Waals surface area contributed by atoms with Crippen LogP contribution in [0.4, 0.5) is 11.4 Å². The van der Waals surface area contributed by atoms with Gasteiger partial charge < -0.3 is 14.5 Å². The Labute approximate surface area is 181 Å². The fourth-order valence-corrected chi connectivity index (χ4v) is 7.05. The van der Waals surface area contributed by atoms with Crippen LogP contribution < -0.4 is 4.90 Å². The lowest BCUT2D eigenvalue weighted by Crippen LogP contribution is -2.58. The number of nitro groups is 1. The van der Waals surface area contributed by atoms with E-state index in [1.807, 2.05) is 9.80 Å². The Kier molecular flexibility index (Phi) is 4.90. The van der Waals surface area contributed by atoms with Crippen molar-refractivity contribution < 1.29 is 19.2 Å². The quantitative estimate of drug-likeness (QED) is 0.416. The number of carbonyl (C=O) groups is 2. The monoisotopic (exact) mass is 427 g/mol. The highest BCUT2D eigenvalue weighted by atomic mass is 16.6. The second-order valence-electron chi connectivity index (χ2n) is 9.93. The van der Waals surface area contributed by atoms with E-state index in [-0.39, 0.29) is 16.7 Å². The van der Waals surface area contributed by atoms with Crippen LogP contribution in [-0.2, 0) is 9.53 Å². The highest BCUT2D eigenvalue weighted by molar-refractivity contribution is 5.96. The first-order chi connectivity index (χ1) is 14.9. The van der Waals surface area contributed by atoms with Crippen molar-refractivity contribution in [3.8, 4) is 0 Å². The second kappa shape index (κ2) is 7.50. The summed E-state index contributed by atoms with van der Waals surface area (Å²) in [5.74, 6) is 1.95. The third kappa shape index (κ3) is 3.46. The van der Waals surface area contributed by atoms with Gasteiger partial charge in [0.15, 0.2) is 0 Å². The summed E-state index contributed by atoms with van der Waals surface area (Å²) >= 11 is 0. The molecule has 1 aromatic rings. The molecule has 0 N–H and O–H groups in total. The molecule has 1 amide bonds. The number of esters is 1. The number of amides is 1. The summed E-state index contributed by atoms with van der Waals surface area (Å²) in [6, 6.07) is 4.30. The molecule has 4 saturated carbocycles. The van der Waals surface area contributed by atoms with Crippen molar-refractivity contribution in [3.05, 3.63) is 33.9 Å². The van der Waals surface area contributed by atoms with Gasteiger partial charge in [-0.15, -0.1) is 0 Å². The maximum absolute atomic E-state index is 13.6. The third-order valence-electron chi connectivity index (χ3n) is 8.00. The van der Waals surface area contributed by atoms with Crippen molar-refractivity contribution in [3.63, 3.8) is 0 Å². The Morgan fingerprint density at radius 1 is 1.03 bits per heavy atom. The first kappa shape index (κ1) is 20.3. The summed E-state index contributed by atoms with van der Waals surface area (Å²) < 4.78 is 4.85. The van der Waals surface area contributed by atoms with E-state index in [0.717, 1.165) is 37.0 Å². The van der Waals surface area contributed by atoms with Gasteiger partial charge in [-0.1, -0.05) is 0 Å². The van der Waals surface area contributed by atoms with Crippen molar-refractivity contribution in [2.24, 2.45) is 23.2 Å². The minimum absolute atomic E-state index is 0.137. The standard InChI is InChI=1S/C23H29N3O5/c1-31-21(27)19-11-18(26(29)30)2-3-20(19)24-4-6-25(7-5-24)22(28)23-12-15-8-16(13-23)10-17(9-15)14-23/h2-3,11,15-17H,4-10,12-14H2,1H3. The fraction of sp³-hybridized carbons (Fsp3) is 0.652. The molecular formula is C23H29N3O5. The highest BCUT2D eigenvalue weighted by Gasteiger charge is 2.55. The van der Waals surface area contributed by atoms with E-state index in [2.05, 4.69) is 0 Å². The van der Waals surface area contributed by atoms with E-state index >= 15 is 0 Å². The maximum atomic E-state index is 13.6. The lowest BCUT2D eigenvalue weighted by Gasteiger charge is -2.57. The van der Waals surface area contributed by atoms with Crippen LogP contribution in [0, 0.1) is 33.3 Å². The predicted molar refractivity (Wildman–Crippen MR) is 114 cm³/mol. The number of anilines is 1. The molecule has 5 aliphatic rings. The second-order valence-corrected chi connectivity index (χ2v) is 9.93. The fourth-order valence-electron chi connectivity index (χ4n) is 7.05. The first-order valence-electron chi connectivity index (χ1n) is 11.3. The molecule has 1 saturated heterocycles. The van der Waals surface area contributed by atoms with Crippen LogP contribution >= 0.6 is 0 Å². The molecule has 31 heavy (non-hydrogen) atoms. The largest absolute Gasteiger partial charge is 0.465 e. The molecule has 4 aliphatic carbocycles. The Hall–Kier alpha value is -2.64. The van der Waals surface area contributed by atoms with Gasteiger partial charge in [-0.25, -0.2) is 4.79 Å². The molecule has 6 rings (SSSR count). The molecule has 8 heteroatoms. The van der Waals surface area contributed by atoms with Crippen LogP contribution in [0.5, 0.6) is 0 Å². The summed E-state index contributed by atoms with van der Waals surface area (Å²) in [6.45, 7) is 2.41. The van der Waals surface area contributed by atoms with Crippen molar-refractivity contribution in [1.29, 1.82) is 0 Å². The van der Waals surface area contributed by atoms with Crippen molar-refractivity contribution >= 4 is 23.3 Å². The number of nitrogens with zero attached hydrogens (tertiary/aromatic N) is 3. The van der Waals surface area contributed by atoms with Crippen molar-refractivity contribution in [2.75, 3.05) is 38.2 Å². The van der Waals surface area contributed by atoms with Gasteiger partial charge in [0, 0.05) is 38.3 Å². The summed E-state index contributed by atoms with van der Waals surface area (Å²) in [5, 5.41) is 11.1. The number of hydrogen-bond donors (Lipinski definition) is 0. The SMILES string of the molecule is COC(=O)c1cc([N+](=O)[O-])ccc1N1CCN(C(=O)C23CC4CC(CC(C4)C2)C3)CC1. The van der Waals surface area contributed by atoms with Crippen LogP contribution in [-0.4, -0.2) is 55.0 Å². The van der Waals surface area contributed by atoms with Crippen LogP contribution in [0.3, 0.4) is 0 Å². The molecule has 1 aromatic carbocycles. The Morgan fingerprint density at radius 3 is 2.13 bits per heavy atom. The van der Waals surface area contributed by atoms with Crippen molar-refractivity contribution in [1.82, 2.24) is 4.90 Å². The number of piperazine rings is 1. The van der Waals surface area contributed by atoms with E-state index < -0.39 is 10.9 Å². The van der Waals surface area contributed by atoms with Crippen molar-refractivity contribution in [2.45, 2.75) is 38.5 Å². The van der Waals surface area contributed by atoms with Gasteiger partial charge >= 0.3 is 5.97 Å². The molecule has 0 radical (unpaired) electrons. The molecule has 1 aliphatic heterocycles. The smallest absolute Gasteiger partial charge is 0.340 e. The number of rotatable bonds is 4. The first-order valence-corrected chi connectivity index (χ1v) is 11.3. The van der Waals surface area contributed by atoms with Crippen LogP contribution in [0.15, 0.2) is 18.2 Å². The Balaban J connectivity index is 1.30. The zero-order valence-electron chi connectivity index (χ0n) is 17.9. The van der Waals surface area contributed by atoms with Crippen LogP contribution in [0.25, 0.3) is 0 Å². The number of carbonyl (C=O) groups excluding carboxylic acids is 2. The van der Waals surface area contributed by atoms with Gasteiger partial charge in [0.2, 0.25) is 5.91 Å². The third-order valence-corrected chi connectivity index (χ3v) is 8.00. The molecule has 1 heterocycles. The zero-order valence-corrected chi connectivity index (χ0v) is 17.9. The molecule has 4 bridgehead atoms. The van der Waals surface area contributed by atoms with Gasteiger partial charge in [0.25, 0.3) is 5.69 Å². The lowest BCUT2D eigenvalue weighted by molar-refractivity contribution is -0.384. The number of non-ortho nitro benzene ring substituents is 1. The van der Waals surface area contributed by atoms with Gasteiger partial charge in [-0.2, -0.15) is 0 Å². The molecule has 5 fully saturated rings. The predicted octanol–water partition coefficient (Wildman–Crippen LogP) is 3.25. The molecule has 0 spiro atoms. The minimum Gasteiger partial charge on any atom is -0.465 e. The number of nitro benzene ring substituents is 1. The zero-order chi connectivity index (χ0) is 21.8. The molecule has 0 aromatic heterocycles. The summed E-state index contributed by atoms with van der Waals surface area (Å²) in [7, 11) is 1.27.